The zero-order chi connectivity index (χ0) is 19.0. The molecule has 0 aliphatic carbocycles. The summed E-state index contributed by atoms with van der Waals surface area (Å²) in [6.45, 7) is 7.66. The third-order valence-electron chi connectivity index (χ3n) is 5.43. The van der Waals surface area contributed by atoms with E-state index in [1.807, 2.05) is 37.4 Å². The number of rotatable bonds is 3. The molecule has 6 nitrogen and oxygen atoms in total. The van der Waals surface area contributed by atoms with Crippen molar-refractivity contribution in [2.24, 2.45) is 0 Å². The number of nitrogens with zero attached hydrogens (tertiary/aromatic N) is 3. The van der Waals surface area contributed by atoms with Crippen LogP contribution < -0.4 is 10.5 Å². The first-order chi connectivity index (χ1) is 13.0. The van der Waals surface area contributed by atoms with Crippen molar-refractivity contribution < 1.29 is 9.52 Å². The summed E-state index contributed by atoms with van der Waals surface area (Å²) in [5.41, 5.74) is 2.35. The van der Waals surface area contributed by atoms with Crippen LogP contribution in [0.4, 0.5) is 5.82 Å². The second kappa shape index (κ2) is 7.04. The molecule has 0 bridgehead atoms. The van der Waals surface area contributed by atoms with Gasteiger partial charge in [-0.2, -0.15) is 0 Å². The molecule has 1 saturated heterocycles. The summed E-state index contributed by atoms with van der Waals surface area (Å²) in [6.07, 6.45) is 1.81. The molecule has 3 aromatic rings. The number of piperazine rings is 1. The van der Waals surface area contributed by atoms with Crippen molar-refractivity contribution in [2.75, 3.05) is 31.1 Å². The standard InChI is InChI=1S/C21H23N3O3/c1-14-15(2)21(26)27-20-16(14)6-7-18(25)17(20)13-23-9-11-24(12-10-23)19-5-3-4-8-22-19/h3-8,25H,9-13H2,1-2H3. The fourth-order valence-corrected chi connectivity index (χ4v) is 3.61. The van der Waals surface area contributed by atoms with Gasteiger partial charge in [-0.25, -0.2) is 9.78 Å². The van der Waals surface area contributed by atoms with Crippen LogP contribution >= 0.6 is 0 Å². The van der Waals surface area contributed by atoms with E-state index in [0.29, 0.717) is 23.3 Å². The summed E-state index contributed by atoms with van der Waals surface area (Å²) >= 11 is 0. The van der Waals surface area contributed by atoms with Crippen LogP contribution in [0, 0.1) is 13.8 Å². The van der Waals surface area contributed by atoms with Crippen molar-refractivity contribution in [3.05, 3.63) is 63.6 Å². The van der Waals surface area contributed by atoms with Crippen molar-refractivity contribution >= 4 is 16.8 Å². The van der Waals surface area contributed by atoms with Gasteiger partial charge >= 0.3 is 5.63 Å². The molecule has 27 heavy (non-hydrogen) atoms. The molecule has 0 radical (unpaired) electrons. The highest BCUT2D eigenvalue weighted by Crippen LogP contribution is 2.30. The number of benzene rings is 1. The Hall–Kier alpha value is -2.86. The smallest absolute Gasteiger partial charge is 0.339 e. The minimum Gasteiger partial charge on any atom is -0.507 e. The van der Waals surface area contributed by atoms with Crippen LogP contribution in [0.2, 0.25) is 0 Å². The number of pyridine rings is 1. The van der Waals surface area contributed by atoms with Gasteiger partial charge in [0.2, 0.25) is 0 Å². The summed E-state index contributed by atoms with van der Waals surface area (Å²) in [6, 6.07) is 9.44. The van der Waals surface area contributed by atoms with Gasteiger partial charge in [0.15, 0.2) is 0 Å². The minimum absolute atomic E-state index is 0.168. The number of aryl methyl sites for hydroxylation is 1. The molecule has 1 N–H and O–H groups in total. The minimum atomic E-state index is -0.341. The van der Waals surface area contributed by atoms with Gasteiger partial charge in [0.1, 0.15) is 17.2 Å². The predicted octanol–water partition coefficient (Wildman–Crippen LogP) is 2.83. The average Bonchev–Trinajstić information content (AvgIpc) is 2.70. The van der Waals surface area contributed by atoms with Crippen LogP contribution in [0.1, 0.15) is 16.7 Å². The highest BCUT2D eigenvalue weighted by molar-refractivity contribution is 5.85. The quantitative estimate of drug-likeness (QED) is 0.720. The number of aromatic hydroxyl groups is 1. The van der Waals surface area contributed by atoms with Gasteiger partial charge in [-0.1, -0.05) is 6.07 Å². The maximum absolute atomic E-state index is 12.1. The lowest BCUT2D eigenvalue weighted by Gasteiger charge is -2.35. The highest BCUT2D eigenvalue weighted by atomic mass is 16.4. The Morgan fingerprint density at radius 2 is 1.85 bits per heavy atom. The van der Waals surface area contributed by atoms with Gasteiger partial charge < -0.3 is 14.4 Å². The predicted molar refractivity (Wildman–Crippen MR) is 105 cm³/mol. The third kappa shape index (κ3) is 3.28. The van der Waals surface area contributed by atoms with E-state index >= 15 is 0 Å². The highest BCUT2D eigenvalue weighted by Gasteiger charge is 2.21. The topological polar surface area (TPSA) is 69.8 Å². The first-order valence-electron chi connectivity index (χ1n) is 9.18. The van der Waals surface area contributed by atoms with E-state index in [-0.39, 0.29) is 11.4 Å². The second-order valence-corrected chi connectivity index (χ2v) is 7.03. The van der Waals surface area contributed by atoms with E-state index in [9.17, 15) is 9.90 Å². The van der Waals surface area contributed by atoms with Gasteiger partial charge in [-0.15, -0.1) is 0 Å². The van der Waals surface area contributed by atoms with E-state index in [0.717, 1.165) is 42.9 Å². The Labute approximate surface area is 157 Å². The second-order valence-electron chi connectivity index (χ2n) is 7.03. The fourth-order valence-electron chi connectivity index (χ4n) is 3.61. The Kier molecular flexibility index (Phi) is 4.58. The first kappa shape index (κ1) is 17.5. The van der Waals surface area contributed by atoms with Crippen LogP contribution in [-0.4, -0.2) is 41.2 Å². The van der Waals surface area contributed by atoms with Crippen molar-refractivity contribution in [2.45, 2.75) is 20.4 Å². The normalized spacial score (nSPS) is 15.4. The molecular formula is C21H23N3O3. The summed E-state index contributed by atoms with van der Waals surface area (Å²) < 4.78 is 5.55. The lowest BCUT2D eigenvalue weighted by Crippen LogP contribution is -2.46. The molecular weight excluding hydrogens is 342 g/mol. The molecule has 1 aliphatic heterocycles. The van der Waals surface area contributed by atoms with E-state index in [1.165, 1.54) is 0 Å². The maximum atomic E-state index is 12.1. The molecule has 0 spiro atoms. The lowest BCUT2D eigenvalue weighted by atomic mass is 10.0. The fraction of sp³-hybridized carbons (Fsp3) is 0.333. The van der Waals surface area contributed by atoms with E-state index in [2.05, 4.69) is 14.8 Å². The molecule has 1 aliphatic rings. The van der Waals surface area contributed by atoms with E-state index in [4.69, 9.17) is 4.42 Å². The summed E-state index contributed by atoms with van der Waals surface area (Å²) in [7, 11) is 0. The van der Waals surface area contributed by atoms with Gasteiger partial charge in [0.25, 0.3) is 0 Å². The van der Waals surface area contributed by atoms with Crippen LogP contribution in [0.3, 0.4) is 0 Å². The SMILES string of the molecule is Cc1c(C)c2ccc(O)c(CN3CCN(c4ccccn4)CC3)c2oc1=O. The summed E-state index contributed by atoms with van der Waals surface area (Å²) in [4.78, 5) is 21.1. The molecule has 140 valence electrons. The molecule has 0 amide bonds. The van der Waals surface area contributed by atoms with Crippen molar-refractivity contribution in [3.8, 4) is 5.75 Å². The first-order valence-corrected chi connectivity index (χ1v) is 9.18. The molecule has 4 rings (SSSR count). The van der Waals surface area contributed by atoms with Crippen LogP contribution in [0.5, 0.6) is 5.75 Å². The maximum Gasteiger partial charge on any atom is 0.339 e. The van der Waals surface area contributed by atoms with Gasteiger partial charge in [0, 0.05) is 49.9 Å². The zero-order valence-corrected chi connectivity index (χ0v) is 15.6. The molecule has 6 heteroatoms. The number of hydrogen-bond acceptors (Lipinski definition) is 6. The molecule has 3 heterocycles. The zero-order valence-electron chi connectivity index (χ0n) is 15.6. The van der Waals surface area contributed by atoms with Crippen molar-refractivity contribution in [3.63, 3.8) is 0 Å². The van der Waals surface area contributed by atoms with Crippen LogP contribution in [-0.2, 0) is 6.54 Å². The van der Waals surface area contributed by atoms with Crippen molar-refractivity contribution in [1.29, 1.82) is 0 Å². The number of fused-ring (bicyclic) bond motifs is 1. The lowest BCUT2D eigenvalue weighted by molar-refractivity contribution is 0.246. The number of anilines is 1. The summed E-state index contributed by atoms with van der Waals surface area (Å²) in [5.74, 6) is 1.16. The van der Waals surface area contributed by atoms with E-state index < -0.39 is 0 Å². The average molecular weight is 365 g/mol. The Bertz CT molecular complexity index is 1020. The van der Waals surface area contributed by atoms with Gasteiger partial charge in [-0.05, 0) is 43.7 Å². The van der Waals surface area contributed by atoms with E-state index in [1.54, 1.807) is 13.0 Å². The number of phenols is 1. The number of phenolic OH excluding ortho intramolecular Hbond substituents is 1. The molecule has 0 unspecified atom stereocenters. The van der Waals surface area contributed by atoms with Crippen molar-refractivity contribution in [1.82, 2.24) is 9.88 Å². The molecule has 1 fully saturated rings. The molecule has 1 aromatic carbocycles. The third-order valence-corrected chi connectivity index (χ3v) is 5.43. The summed E-state index contributed by atoms with van der Waals surface area (Å²) in [5, 5.41) is 11.3. The number of aromatic nitrogens is 1. The van der Waals surface area contributed by atoms with Gasteiger partial charge in [0.05, 0.1) is 5.56 Å². The molecule has 0 saturated carbocycles. The Morgan fingerprint density at radius 3 is 2.56 bits per heavy atom. The molecule has 0 atom stereocenters. The van der Waals surface area contributed by atoms with Gasteiger partial charge in [-0.3, -0.25) is 4.90 Å². The largest absolute Gasteiger partial charge is 0.507 e. The number of hydrogen-bond donors (Lipinski definition) is 1. The monoisotopic (exact) mass is 365 g/mol. The van der Waals surface area contributed by atoms with Crippen LogP contribution in [0.15, 0.2) is 45.7 Å². The van der Waals surface area contributed by atoms with Crippen LogP contribution in [0.25, 0.3) is 11.0 Å². The Morgan fingerprint density at radius 1 is 1.07 bits per heavy atom. The Balaban J connectivity index is 1.58. The molecule has 2 aromatic heterocycles.